The first-order valence-corrected chi connectivity index (χ1v) is 16.9. The highest BCUT2D eigenvalue weighted by Crippen LogP contribution is 2.36. The van der Waals surface area contributed by atoms with Crippen LogP contribution in [0.5, 0.6) is 0 Å². The minimum atomic E-state index is -4.30. The van der Waals surface area contributed by atoms with Gasteiger partial charge in [-0.3, -0.25) is 13.9 Å². The van der Waals surface area contributed by atoms with Crippen LogP contribution in [0.4, 0.5) is 5.69 Å². The largest absolute Gasteiger partial charge is 0.352 e. The molecule has 43 heavy (non-hydrogen) atoms. The predicted molar refractivity (Wildman–Crippen MR) is 174 cm³/mol. The first kappa shape index (κ1) is 33.4. The lowest BCUT2D eigenvalue weighted by Gasteiger charge is -2.34. The molecule has 1 unspecified atom stereocenters. The zero-order valence-corrected chi connectivity index (χ0v) is 27.7. The predicted octanol–water partition coefficient (Wildman–Crippen LogP) is 7.67. The number of carbonyl (C=O) groups is 2. The van der Waals surface area contributed by atoms with Crippen LogP contribution in [0.25, 0.3) is 0 Å². The van der Waals surface area contributed by atoms with Gasteiger partial charge in [-0.25, -0.2) is 8.42 Å². The highest BCUT2D eigenvalue weighted by Gasteiger charge is 2.35. The lowest BCUT2D eigenvalue weighted by Crippen LogP contribution is -2.53. The Bertz CT molecular complexity index is 1580. The average Bonchev–Trinajstić information content (AvgIpc) is 3.47. The van der Waals surface area contributed by atoms with E-state index in [0.29, 0.717) is 15.6 Å². The Morgan fingerprint density at radius 1 is 0.953 bits per heavy atom. The van der Waals surface area contributed by atoms with Gasteiger partial charge in [-0.15, -0.1) is 0 Å². The number of anilines is 1. The SMILES string of the molecule is CCC(C(=O)NC1CCCC1)N(Cc1ccc(Cl)cc1Cl)C(=O)CN(c1cccc(Cl)c1Cl)S(=O)(=O)c1ccc(C)cc1. The third kappa shape index (κ3) is 7.97. The molecule has 1 fully saturated rings. The second-order valence-corrected chi connectivity index (χ2v) is 14.1. The molecule has 0 radical (unpaired) electrons. The van der Waals surface area contributed by atoms with E-state index >= 15 is 0 Å². The molecule has 1 N–H and O–H groups in total. The average molecular weight is 686 g/mol. The lowest BCUT2D eigenvalue weighted by atomic mass is 10.1. The molecule has 0 saturated heterocycles. The summed E-state index contributed by atoms with van der Waals surface area (Å²) in [5, 5.41) is 3.92. The fraction of sp³-hybridized carbons (Fsp3) is 0.355. The van der Waals surface area contributed by atoms with Crippen LogP contribution in [0.3, 0.4) is 0 Å². The maximum absolute atomic E-state index is 14.3. The Balaban J connectivity index is 1.76. The van der Waals surface area contributed by atoms with Crippen molar-refractivity contribution in [2.75, 3.05) is 10.8 Å². The van der Waals surface area contributed by atoms with E-state index in [1.807, 2.05) is 6.92 Å². The summed E-state index contributed by atoms with van der Waals surface area (Å²) in [6, 6.07) is 14.9. The quantitative estimate of drug-likeness (QED) is 0.225. The smallest absolute Gasteiger partial charge is 0.264 e. The third-order valence-electron chi connectivity index (χ3n) is 7.53. The van der Waals surface area contributed by atoms with E-state index in [0.717, 1.165) is 35.6 Å². The molecule has 1 aliphatic rings. The van der Waals surface area contributed by atoms with Gasteiger partial charge in [0.1, 0.15) is 12.6 Å². The van der Waals surface area contributed by atoms with E-state index < -0.39 is 28.5 Å². The van der Waals surface area contributed by atoms with Crippen LogP contribution in [0.15, 0.2) is 65.6 Å². The molecule has 3 aromatic rings. The maximum atomic E-state index is 14.3. The highest BCUT2D eigenvalue weighted by atomic mass is 35.5. The molecule has 1 atom stereocenters. The number of sulfonamides is 1. The number of rotatable bonds is 11. The molecule has 0 bridgehead atoms. The molecule has 12 heteroatoms. The van der Waals surface area contributed by atoms with Gasteiger partial charge >= 0.3 is 0 Å². The van der Waals surface area contributed by atoms with Gasteiger partial charge in [-0.1, -0.05) is 96.0 Å². The van der Waals surface area contributed by atoms with Gasteiger partial charge < -0.3 is 10.2 Å². The summed E-state index contributed by atoms with van der Waals surface area (Å²) in [7, 11) is -4.30. The molecule has 0 aliphatic heterocycles. The molecule has 0 spiro atoms. The van der Waals surface area contributed by atoms with Crippen LogP contribution < -0.4 is 9.62 Å². The van der Waals surface area contributed by atoms with Gasteiger partial charge in [0.15, 0.2) is 0 Å². The Hall–Kier alpha value is -2.49. The molecule has 230 valence electrons. The molecule has 4 rings (SSSR count). The van der Waals surface area contributed by atoms with Crippen LogP contribution in [0.2, 0.25) is 20.1 Å². The van der Waals surface area contributed by atoms with E-state index in [2.05, 4.69) is 5.32 Å². The molecule has 1 aliphatic carbocycles. The van der Waals surface area contributed by atoms with E-state index in [1.54, 1.807) is 43.3 Å². The first-order valence-electron chi connectivity index (χ1n) is 14.0. The number of nitrogens with zero attached hydrogens (tertiary/aromatic N) is 2. The molecule has 3 aromatic carbocycles. The van der Waals surface area contributed by atoms with Crippen molar-refractivity contribution >= 4 is 73.9 Å². The van der Waals surface area contributed by atoms with Crippen molar-refractivity contribution in [1.82, 2.24) is 10.2 Å². The molecule has 1 saturated carbocycles. The number of hydrogen-bond donors (Lipinski definition) is 1. The number of nitrogens with one attached hydrogen (secondary N) is 1. The van der Waals surface area contributed by atoms with Gasteiger partial charge in [-0.2, -0.15) is 0 Å². The first-order chi connectivity index (χ1) is 20.4. The number of halogens is 4. The summed E-state index contributed by atoms with van der Waals surface area (Å²) >= 11 is 25.4. The second-order valence-electron chi connectivity index (χ2n) is 10.6. The monoisotopic (exact) mass is 683 g/mol. The summed E-state index contributed by atoms with van der Waals surface area (Å²) in [4.78, 5) is 29.2. The van der Waals surface area contributed by atoms with E-state index in [9.17, 15) is 18.0 Å². The number of carbonyl (C=O) groups excluding carboxylic acids is 2. The molecular weight excluding hydrogens is 652 g/mol. The van der Waals surface area contributed by atoms with Crippen molar-refractivity contribution in [2.24, 2.45) is 0 Å². The minimum absolute atomic E-state index is 0.0223. The molecular formula is C31H33Cl4N3O4S. The summed E-state index contributed by atoms with van der Waals surface area (Å²) in [5.74, 6) is -0.923. The highest BCUT2D eigenvalue weighted by molar-refractivity contribution is 7.92. The Kier molecular flexibility index (Phi) is 11.3. The zero-order valence-electron chi connectivity index (χ0n) is 23.8. The molecule has 2 amide bonds. The second kappa shape index (κ2) is 14.5. The van der Waals surface area contributed by atoms with Crippen LogP contribution in [0.1, 0.15) is 50.2 Å². The number of aryl methyl sites for hydroxylation is 1. The van der Waals surface area contributed by atoms with Crippen molar-refractivity contribution in [3.05, 3.63) is 91.9 Å². The van der Waals surface area contributed by atoms with Crippen molar-refractivity contribution in [2.45, 2.75) is 69.5 Å². The van der Waals surface area contributed by atoms with Crippen molar-refractivity contribution < 1.29 is 18.0 Å². The fourth-order valence-corrected chi connectivity index (χ4v) is 7.50. The lowest BCUT2D eigenvalue weighted by molar-refractivity contribution is -0.140. The minimum Gasteiger partial charge on any atom is -0.352 e. The van der Waals surface area contributed by atoms with E-state index in [4.69, 9.17) is 46.4 Å². The zero-order chi connectivity index (χ0) is 31.3. The van der Waals surface area contributed by atoms with Gasteiger partial charge in [0.05, 0.1) is 20.6 Å². The Morgan fingerprint density at radius 3 is 2.26 bits per heavy atom. The normalized spacial score (nSPS) is 14.4. The van der Waals surface area contributed by atoms with Gasteiger partial charge in [0.25, 0.3) is 10.0 Å². The fourth-order valence-electron chi connectivity index (χ4n) is 5.16. The topological polar surface area (TPSA) is 86.8 Å². The van der Waals surface area contributed by atoms with Crippen LogP contribution in [-0.4, -0.2) is 43.8 Å². The summed E-state index contributed by atoms with van der Waals surface area (Å²) in [5.41, 5.74) is 1.46. The standard InChI is InChI=1S/C31H33Cl4N3O4S/c1-3-27(31(40)36-23-7-4-5-8-23)37(18-21-13-14-22(32)17-26(21)34)29(39)19-38(28-10-6-9-25(33)30(28)35)43(41,42)24-15-11-20(2)12-16-24/h6,9-17,23,27H,3-5,7-8,18-19H2,1-2H3,(H,36,40). The molecule has 7 nitrogen and oxygen atoms in total. The third-order valence-corrected chi connectivity index (χ3v) is 10.7. The van der Waals surface area contributed by atoms with Gasteiger partial charge in [0, 0.05) is 22.6 Å². The van der Waals surface area contributed by atoms with E-state index in [1.165, 1.54) is 29.2 Å². The summed E-state index contributed by atoms with van der Waals surface area (Å²) in [6.07, 6.45) is 4.08. The summed E-state index contributed by atoms with van der Waals surface area (Å²) in [6.45, 7) is 2.95. The number of amides is 2. The molecule has 0 heterocycles. The van der Waals surface area contributed by atoms with Gasteiger partial charge in [0.2, 0.25) is 11.8 Å². The Morgan fingerprint density at radius 2 is 1.63 bits per heavy atom. The van der Waals surface area contributed by atoms with Crippen molar-refractivity contribution in [1.29, 1.82) is 0 Å². The van der Waals surface area contributed by atoms with Crippen LogP contribution in [-0.2, 0) is 26.2 Å². The number of benzene rings is 3. The van der Waals surface area contributed by atoms with Crippen molar-refractivity contribution in [3.63, 3.8) is 0 Å². The number of hydrogen-bond acceptors (Lipinski definition) is 4. The van der Waals surface area contributed by atoms with Crippen LogP contribution >= 0.6 is 46.4 Å². The molecule has 0 aromatic heterocycles. The van der Waals surface area contributed by atoms with E-state index in [-0.39, 0.29) is 45.5 Å². The van der Waals surface area contributed by atoms with Gasteiger partial charge in [-0.05, 0) is 68.1 Å². The summed E-state index contributed by atoms with van der Waals surface area (Å²) < 4.78 is 29.1. The maximum Gasteiger partial charge on any atom is 0.264 e. The van der Waals surface area contributed by atoms with Crippen molar-refractivity contribution in [3.8, 4) is 0 Å². The Labute approximate surface area is 273 Å². The van der Waals surface area contributed by atoms with Crippen LogP contribution in [0, 0.1) is 6.92 Å².